The maximum atomic E-state index is 13.0. The predicted octanol–water partition coefficient (Wildman–Crippen LogP) is 3.95. The van der Waals surface area contributed by atoms with E-state index < -0.39 is 23.6 Å². The first-order valence-electron chi connectivity index (χ1n) is 8.82. The zero-order valence-corrected chi connectivity index (χ0v) is 16.9. The molecular formula is C19H16ClF3N6O2. The third-order valence-corrected chi connectivity index (χ3v) is 3.88. The van der Waals surface area contributed by atoms with Gasteiger partial charge in [-0.25, -0.2) is 9.97 Å². The molecule has 12 heteroatoms. The van der Waals surface area contributed by atoms with Crippen LogP contribution in [0.4, 0.5) is 13.2 Å². The third kappa shape index (κ3) is 6.75. The molecule has 162 valence electrons. The summed E-state index contributed by atoms with van der Waals surface area (Å²) in [6.45, 7) is 1.51. The molecule has 1 aromatic heterocycles. The molecule has 0 atom stereocenters. The fourth-order valence-corrected chi connectivity index (χ4v) is 2.56. The maximum absolute atomic E-state index is 13.0. The van der Waals surface area contributed by atoms with Crippen LogP contribution < -0.4 is 5.43 Å². The summed E-state index contributed by atoms with van der Waals surface area (Å²) in [5.41, 5.74) is 0.864. The highest BCUT2D eigenvalue weighted by atomic mass is 35.5. The fourth-order valence-electron chi connectivity index (χ4n) is 2.33. The van der Waals surface area contributed by atoms with Crippen molar-refractivity contribution in [2.75, 3.05) is 6.73 Å². The average Bonchev–Trinajstić information content (AvgIpc) is 2.72. The lowest BCUT2D eigenvalue weighted by Gasteiger charge is -2.10. The smallest absolute Gasteiger partial charge is 0.433 e. The monoisotopic (exact) mass is 452 g/mol. The number of nitrogens with zero attached hydrogens (tertiary/aromatic N) is 4. The van der Waals surface area contributed by atoms with Gasteiger partial charge in [-0.3, -0.25) is 15.6 Å². The van der Waals surface area contributed by atoms with E-state index >= 15 is 0 Å². The van der Waals surface area contributed by atoms with Gasteiger partial charge in [0.1, 0.15) is 17.5 Å². The molecular weight excluding hydrogens is 437 g/mol. The lowest BCUT2D eigenvalue weighted by atomic mass is 10.0. The molecule has 0 radical (unpaired) electrons. The average molecular weight is 453 g/mol. The predicted molar refractivity (Wildman–Crippen MR) is 106 cm³/mol. The third-order valence-electron chi connectivity index (χ3n) is 3.67. The maximum Gasteiger partial charge on any atom is 0.433 e. The molecule has 1 aromatic carbocycles. The van der Waals surface area contributed by atoms with E-state index in [1.165, 1.54) is 18.2 Å². The van der Waals surface area contributed by atoms with Crippen LogP contribution in [0, 0.1) is 16.7 Å². The zero-order chi connectivity index (χ0) is 23.0. The number of hydrazone groups is 1. The van der Waals surface area contributed by atoms with Gasteiger partial charge in [-0.05, 0) is 30.7 Å². The minimum atomic E-state index is -4.66. The molecule has 31 heavy (non-hydrogen) atoms. The molecule has 8 nitrogen and oxygen atoms in total. The summed E-state index contributed by atoms with van der Waals surface area (Å²) in [5.74, 6) is -0.697. The highest BCUT2D eigenvalue weighted by molar-refractivity contribution is 6.52. The Morgan fingerprint density at radius 2 is 2.13 bits per heavy atom. The zero-order valence-electron chi connectivity index (χ0n) is 16.1. The molecule has 0 bridgehead atoms. The molecule has 2 aromatic rings. The van der Waals surface area contributed by atoms with Crippen molar-refractivity contribution in [1.29, 1.82) is 10.7 Å². The van der Waals surface area contributed by atoms with Gasteiger partial charge in [0.25, 0.3) is 0 Å². The number of rotatable bonds is 8. The normalized spacial score (nSPS) is 11.5. The number of ether oxygens (including phenoxy) is 1. The Labute approximate surface area is 180 Å². The molecule has 0 spiro atoms. The number of carbonyl (C=O) groups excluding carboxylic acids is 1. The van der Waals surface area contributed by atoms with Gasteiger partial charge < -0.3 is 4.74 Å². The van der Waals surface area contributed by atoms with Crippen LogP contribution in [-0.2, 0) is 15.7 Å². The summed E-state index contributed by atoms with van der Waals surface area (Å²) in [6, 6.07) is 6.41. The van der Waals surface area contributed by atoms with Crippen LogP contribution in [0.5, 0.6) is 0 Å². The molecule has 0 fully saturated rings. The van der Waals surface area contributed by atoms with E-state index in [0.29, 0.717) is 6.42 Å². The Morgan fingerprint density at radius 1 is 1.39 bits per heavy atom. The Morgan fingerprint density at radius 3 is 2.77 bits per heavy atom. The van der Waals surface area contributed by atoms with E-state index in [1.807, 2.05) is 6.92 Å². The van der Waals surface area contributed by atoms with Crippen LogP contribution >= 0.6 is 11.6 Å². The molecule has 0 unspecified atom stereocenters. The largest absolute Gasteiger partial charge is 0.443 e. The van der Waals surface area contributed by atoms with Crippen LogP contribution in [0.1, 0.15) is 31.0 Å². The lowest BCUT2D eigenvalue weighted by molar-refractivity contribution is -0.144. The van der Waals surface area contributed by atoms with Gasteiger partial charge in [-0.2, -0.15) is 23.5 Å². The van der Waals surface area contributed by atoms with E-state index in [9.17, 15) is 18.0 Å². The van der Waals surface area contributed by atoms with E-state index in [0.717, 1.165) is 12.3 Å². The second-order valence-electron chi connectivity index (χ2n) is 6.01. The molecule has 0 saturated carbocycles. The molecule has 0 amide bonds. The van der Waals surface area contributed by atoms with Crippen molar-refractivity contribution in [1.82, 2.24) is 15.4 Å². The van der Waals surface area contributed by atoms with E-state index in [4.69, 9.17) is 27.0 Å². The van der Waals surface area contributed by atoms with Gasteiger partial charge in [0, 0.05) is 28.8 Å². The van der Waals surface area contributed by atoms with Crippen LogP contribution in [-0.4, -0.2) is 34.1 Å². The first-order chi connectivity index (χ1) is 14.7. The van der Waals surface area contributed by atoms with Crippen molar-refractivity contribution in [3.05, 3.63) is 46.7 Å². The van der Waals surface area contributed by atoms with Crippen molar-refractivity contribution in [3.63, 3.8) is 0 Å². The van der Waals surface area contributed by atoms with Crippen LogP contribution in [0.3, 0.4) is 0 Å². The summed E-state index contributed by atoms with van der Waals surface area (Å²) in [7, 11) is 0. The number of hydrogen-bond donors (Lipinski definition) is 2. The number of esters is 1. The van der Waals surface area contributed by atoms with Crippen molar-refractivity contribution < 1.29 is 22.7 Å². The van der Waals surface area contributed by atoms with Gasteiger partial charge in [0.05, 0.1) is 0 Å². The number of benzene rings is 1. The van der Waals surface area contributed by atoms with Gasteiger partial charge in [-0.1, -0.05) is 18.5 Å². The summed E-state index contributed by atoms with van der Waals surface area (Å²) in [5, 5.41) is 20.9. The molecule has 1 heterocycles. The quantitative estimate of drug-likeness (QED) is 0.205. The van der Waals surface area contributed by atoms with Gasteiger partial charge >= 0.3 is 12.1 Å². The first kappa shape index (κ1) is 23.8. The minimum absolute atomic E-state index is 0.0984. The Kier molecular flexibility index (Phi) is 8.04. The van der Waals surface area contributed by atoms with Gasteiger partial charge in [0.2, 0.25) is 0 Å². The van der Waals surface area contributed by atoms with Crippen LogP contribution in [0.25, 0.3) is 11.4 Å². The molecule has 2 N–H and O–H groups in total. The SMILES string of the molecule is CCCC(=O)OCN/N=C(\C(=N)C#N)c1cc(Cl)cc(-c2nccc(C(F)(F)F)n2)c1. The Bertz CT molecular complexity index is 1050. The molecule has 0 saturated heterocycles. The first-order valence-corrected chi connectivity index (χ1v) is 9.20. The number of hydrogen-bond acceptors (Lipinski definition) is 8. The summed E-state index contributed by atoms with van der Waals surface area (Å²) in [4.78, 5) is 18.7. The van der Waals surface area contributed by atoms with Gasteiger partial charge in [-0.15, -0.1) is 0 Å². The summed E-state index contributed by atoms with van der Waals surface area (Å²) in [6.07, 6.45) is -2.87. The van der Waals surface area contributed by atoms with Crippen LogP contribution in [0.2, 0.25) is 5.02 Å². The standard InChI is InChI=1S/C19H16ClF3N6O2/c1-2-3-16(30)31-10-27-29-17(14(25)9-24)11-6-12(8-13(20)7-11)18-26-5-4-15(28-18)19(21,22)23/h4-8,25,27H,2-3,10H2,1H3/b25-14?,29-17-. The highest BCUT2D eigenvalue weighted by Gasteiger charge is 2.32. The van der Waals surface area contributed by atoms with Crippen molar-refractivity contribution in [2.45, 2.75) is 25.9 Å². The molecule has 2 rings (SSSR count). The molecule has 0 aliphatic rings. The van der Waals surface area contributed by atoms with Crippen LogP contribution in [0.15, 0.2) is 35.6 Å². The summed E-state index contributed by atoms with van der Waals surface area (Å²) >= 11 is 6.08. The second-order valence-corrected chi connectivity index (χ2v) is 6.44. The van der Waals surface area contributed by atoms with E-state index in [2.05, 4.69) is 20.5 Å². The topological polar surface area (TPSA) is 124 Å². The highest BCUT2D eigenvalue weighted by Crippen LogP contribution is 2.29. The molecule has 0 aliphatic heterocycles. The number of nitrogens with one attached hydrogen (secondary N) is 2. The second kappa shape index (κ2) is 10.5. The van der Waals surface area contributed by atoms with Gasteiger partial charge in [0.15, 0.2) is 18.3 Å². The number of nitriles is 1. The van der Waals surface area contributed by atoms with E-state index in [1.54, 1.807) is 6.07 Å². The number of carbonyl (C=O) groups is 1. The number of halogens is 4. The Balaban J connectivity index is 2.38. The molecule has 0 aliphatic carbocycles. The number of aromatic nitrogens is 2. The minimum Gasteiger partial charge on any atom is -0.443 e. The van der Waals surface area contributed by atoms with Crippen molar-refractivity contribution in [3.8, 4) is 17.5 Å². The fraction of sp³-hybridized carbons (Fsp3) is 0.263. The van der Waals surface area contributed by atoms with E-state index in [-0.39, 0.29) is 40.8 Å². The number of alkyl halides is 3. The summed E-state index contributed by atoms with van der Waals surface area (Å²) < 4.78 is 43.8. The Hall–Kier alpha value is -3.52. The lowest BCUT2D eigenvalue weighted by Crippen LogP contribution is -2.21. The van der Waals surface area contributed by atoms with Crippen molar-refractivity contribution in [2.24, 2.45) is 5.10 Å². The van der Waals surface area contributed by atoms with Crippen molar-refractivity contribution >= 4 is 29.0 Å².